The number of hydrogen-bond acceptors (Lipinski definition) is 7. The molecular weight excluding hydrogens is 370 g/mol. The lowest BCUT2D eigenvalue weighted by molar-refractivity contribution is 0.146. The first kappa shape index (κ1) is 19.3. The molecule has 2 heterocycles. The third kappa shape index (κ3) is 3.91. The summed E-state index contributed by atoms with van der Waals surface area (Å²) in [6.07, 6.45) is 2.53. The van der Waals surface area contributed by atoms with Crippen LogP contribution in [-0.4, -0.2) is 51.1 Å². The lowest BCUT2D eigenvalue weighted by Gasteiger charge is -2.30. The predicted octanol–water partition coefficient (Wildman–Crippen LogP) is 3.23. The fourth-order valence-electron chi connectivity index (χ4n) is 3.66. The fraction of sp³-hybridized carbons (Fsp3) is 0.364. The normalized spacial score (nSPS) is 13.3. The minimum Gasteiger partial charge on any atom is -0.493 e. The van der Waals surface area contributed by atoms with Crippen molar-refractivity contribution in [2.75, 3.05) is 46.0 Å². The summed E-state index contributed by atoms with van der Waals surface area (Å²) in [5.41, 5.74) is 3.43. The van der Waals surface area contributed by atoms with Crippen LogP contribution >= 0.6 is 0 Å². The number of fused-ring (bicyclic) bond motifs is 2. The molecular formula is C22H25N3O4. The van der Waals surface area contributed by atoms with Crippen molar-refractivity contribution in [2.24, 2.45) is 0 Å². The lowest BCUT2D eigenvalue weighted by atomic mass is 9.99. The first-order valence-corrected chi connectivity index (χ1v) is 9.58. The molecule has 0 bridgehead atoms. The molecule has 1 aromatic heterocycles. The second kappa shape index (κ2) is 8.53. The molecule has 7 heteroatoms. The van der Waals surface area contributed by atoms with Gasteiger partial charge in [-0.15, -0.1) is 0 Å². The van der Waals surface area contributed by atoms with Crippen molar-refractivity contribution in [1.29, 1.82) is 0 Å². The largest absolute Gasteiger partial charge is 0.493 e. The Morgan fingerprint density at radius 2 is 1.76 bits per heavy atom. The van der Waals surface area contributed by atoms with Crippen molar-refractivity contribution in [3.63, 3.8) is 0 Å². The van der Waals surface area contributed by atoms with Crippen LogP contribution in [0.2, 0.25) is 0 Å². The van der Waals surface area contributed by atoms with Crippen molar-refractivity contribution in [2.45, 2.75) is 13.0 Å². The van der Waals surface area contributed by atoms with Gasteiger partial charge in [0.25, 0.3) is 0 Å². The van der Waals surface area contributed by atoms with E-state index in [2.05, 4.69) is 27.0 Å². The van der Waals surface area contributed by atoms with Gasteiger partial charge in [-0.3, -0.25) is 0 Å². The molecule has 152 valence electrons. The van der Waals surface area contributed by atoms with Crippen LogP contribution in [0.1, 0.15) is 11.1 Å². The highest BCUT2D eigenvalue weighted by atomic mass is 16.5. The summed E-state index contributed by atoms with van der Waals surface area (Å²) < 4.78 is 21.7. The number of nitrogens with zero attached hydrogens (tertiary/aromatic N) is 3. The van der Waals surface area contributed by atoms with Crippen LogP contribution in [0.4, 0.5) is 5.82 Å². The average molecular weight is 395 g/mol. The molecule has 0 atom stereocenters. The molecule has 0 amide bonds. The summed E-state index contributed by atoms with van der Waals surface area (Å²) >= 11 is 0. The van der Waals surface area contributed by atoms with Crippen LogP contribution in [0.3, 0.4) is 0 Å². The maximum absolute atomic E-state index is 5.74. The third-order valence-corrected chi connectivity index (χ3v) is 5.17. The van der Waals surface area contributed by atoms with Gasteiger partial charge >= 0.3 is 0 Å². The number of benzene rings is 2. The zero-order chi connectivity index (χ0) is 20.2. The molecule has 29 heavy (non-hydrogen) atoms. The number of aromatic nitrogens is 2. The summed E-state index contributed by atoms with van der Waals surface area (Å²) in [6, 6.07) is 10.1. The van der Waals surface area contributed by atoms with Crippen LogP contribution in [0.15, 0.2) is 36.7 Å². The highest BCUT2D eigenvalue weighted by Gasteiger charge is 2.21. The van der Waals surface area contributed by atoms with E-state index in [4.69, 9.17) is 18.9 Å². The third-order valence-electron chi connectivity index (χ3n) is 5.17. The molecule has 0 saturated heterocycles. The van der Waals surface area contributed by atoms with Gasteiger partial charge in [0.2, 0.25) is 0 Å². The van der Waals surface area contributed by atoms with E-state index in [1.807, 2.05) is 18.2 Å². The molecule has 4 rings (SSSR count). The summed E-state index contributed by atoms with van der Waals surface area (Å²) in [7, 11) is 4.94. The van der Waals surface area contributed by atoms with E-state index in [9.17, 15) is 0 Å². The van der Waals surface area contributed by atoms with Crippen molar-refractivity contribution in [1.82, 2.24) is 9.97 Å². The quantitative estimate of drug-likeness (QED) is 0.569. The molecule has 0 unspecified atom stereocenters. The lowest BCUT2D eigenvalue weighted by Crippen LogP contribution is -2.31. The smallest absolute Gasteiger partial charge is 0.162 e. The van der Waals surface area contributed by atoms with Gasteiger partial charge in [-0.05, 0) is 35.7 Å². The fourth-order valence-corrected chi connectivity index (χ4v) is 3.66. The zero-order valence-corrected chi connectivity index (χ0v) is 17.0. The van der Waals surface area contributed by atoms with Crippen LogP contribution in [0.25, 0.3) is 10.9 Å². The molecule has 0 aliphatic carbocycles. The van der Waals surface area contributed by atoms with Gasteiger partial charge < -0.3 is 23.8 Å². The standard InChI is InChI=1S/C22H25N3O4/c1-26-8-9-29-17-5-4-16-13-25(7-6-15(16)10-17)22-18-11-20(27-2)21(28-3)12-19(18)23-14-24-22/h4-5,10-12,14H,6-9,13H2,1-3H3. The summed E-state index contributed by atoms with van der Waals surface area (Å²) in [5, 5.41) is 0.952. The van der Waals surface area contributed by atoms with Crippen LogP contribution in [0, 0.1) is 0 Å². The van der Waals surface area contributed by atoms with Crippen molar-refractivity contribution in [3.8, 4) is 17.2 Å². The molecule has 0 N–H and O–H groups in total. The second-order valence-electron chi connectivity index (χ2n) is 6.86. The molecule has 1 aliphatic heterocycles. The summed E-state index contributed by atoms with van der Waals surface area (Å²) in [6.45, 7) is 2.79. The minimum absolute atomic E-state index is 0.555. The topological polar surface area (TPSA) is 65.9 Å². The second-order valence-corrected chi connectivity index (χ2v) is 6.86. The van der Waals surface area contributed by atoms with E-state index in [0.717, 1.165) is 42.0 Å². The Morgan fingerprint density at radius 1 is 0.931 bits per heavy atom. The average Bonchev–Trinajstić information content (AvgIpc) is 2.77. The molecule has 0 radical (unpaired) electrons. The first-order chi connectivity index (χ1) is 14.2. The minimum atomic E-state index is 0.555. The molecule has 7 nitrogen and oxygen atoms in total. The van der Waals surface area contributed by atoms with Gasteiger partial charge in [-0.25, -0.2) is 9.97 Å². The van der Waals surface area contributed by atoms with E-state index < -0.39 is 0 Å². The highest BCUT2D eigenvalue weighted by Crippen LogP contribution is 2.36. The molecule has 0 fully saturated rings. The molecule has 1 aliphatic rings. The molecule has 0 saturated carbocycles. The Balaban J connectivity index is 1.61. The Morgan fingerprint density at radius 3 is 2.55 bits per heavy atom. The van der Waals surface area contributed by atoms with Crippen LogP contribution in [-0.2, 0) is 17.7 Å². The number of rotatable bonds is 7. The number of ether oxygens (including phenoxy) is 4. The van der Waals surface area contributed by atoms with Gasteiger partial charge in [-0.1, -0.05) is 6.07 Å². The van der Waals surface area contributed by atoms with Gasteiger partial charge in [-0.2, -0.15) is 0 Å². The van der Waals surface area contributed by atoms with E-state index in [0.29, 0.717) is 24.7 Å². The number of hydrogen-bond donors (Lipinski definition) is 0. The Hall–Kier alpha value is -3.06. The molecule has 3 aromatic rings. The first-order valence-electron chi connectivity index (χ1n) is 9.58. The Bertz CT molecular complexity index is 1010. The van der Waals surface area contributed by atoms with E-state index in [-0.39, 0.29) is 0 Å². The number of anilines is 1. The zero-order valence-electron chi connectivity index (χ0n) is 17.0. The van der Waals surface area contributed by atoms with Crippen molar-refractivity contribution >= 4 is 16.7 Å². The Labute approximate surface area is 170 Å². The van der Waals surface area contributed by atoms with Gasteiger partial charge in [0.05, 0.1) is 26.3 Å². The highest BCUT2D eigenvalue weighted by molar-refractivity contribution is 5.92. The Kier molecular flexibility index (Phi) is 5.67. The predicted molar refractivity (Wildman–Crippen MR) is 111 cm³/mol. The van der Waals surface area contributed by atoms with Crippen LogP contribution in [0.5, 0.6) is 17.2 Å². The van der Waals surface area contributed by atoms with E-state index in [1.165, 1.54) is 11.1 Å². The van der Waals surface area contributed by atoms with E-state index >= 15 is 0 Å². The van der Waals surface area contributed by atoms with Gasteiger partial charge in [0.15, 0.2) is 11.5 Å². The van der Waals surface area contributed by atoms with Crippen LogP contribution < -0.4 is 19.1 Å². The molecule has 0 spiro atoms. The maximum Gasteiger partial charge on any atom is 0.162 e. The molecule has 2 aromatic carbocycles. The van der Waals surface area contributed by atoms with Crippen molar-refractivity contribution < 1.29 is 18.9 Å². The van der Waals surface area contributed by atoms with Gasteiger partial charge in [0, 0.05) is 31.7 Å². The van der Waals surface area contributed by atoms with Gasteiger partial charge in [0.1, 0.15) is 24.5 Å². The summed E-state index contributed by atoms with van der Waals surface area (Å²) in [5.74, 6) is 3.13. The summed E-state index contributed by atoms with van der Waals surface area (Å²) in [4.78, 5) is 11.3. The maximum atomic E-state index is 5.74. The van der Waals surface area contributed by atoms with Crippen molar-refractivity contribution in [3.05, 3.63) is 47.8 Å². The monoisotopic (exact) mass is 395 g/mol. The number of methoxy groups -OCH3 is 3. The van der Waals surface area contributed by atoms with E-state index in [1.54, 1.807) is 27.7 Å². The SMILES string of the molecule is COCCOc1ccc2c(c1)CCN(c1ncnc3cc(OC)c(OC)cc13)C2.